The Hall–Kier alpha value is -1.63. The average molecular weight is 322 g/mol. The zero-order chi connectivity index (χ0) is 15.8. The quantitative estimate of drug-likeness (QED) is 0.740. The molecule has 0 aliphatic carbocycles. The summed E-state index contributed by atoms with van der Waals surface area (Å²) in [5.41, 5.74) is 1.23. The van der Waals surface area contributed by atoms with Gasteiger partial charge in [-0.05, 0) is 31.0 Å². The summed E-state index contributed by atoms with van der Waals surface area (Å²) in [7, 11) is 1.66. The lowest BCUT2D eigenvalue weighted by molar-refractivity contribution is 0.104. The van der Waals surface area contributed by atoms with Crippen LogP contribution in [-0.2, 0) is 6.42 Å². The summed E-state index contributed by atoms with van der Waals surface area (Å²) < 4.78 is 10.5. The molecule has 0 bridgehead atoms. The van der Waals surface area contributed by atoms with Gasteiger partial charge in [-0.1, -0.05) is 23.5 Å². The van der Waals surface area contributed by atoms with Crippen LogP contribution in [0.25, 0.3) is 0 Å². The summed E-state index contributed by atoms with van der Waals surface area (Å²) in [6.07, 6.45) is 2.02. The molecule has 1 aromatic heterocycles. The van der Waals surface area contributed by atoms with Gasteiger partial charge >= 0.3 is 0 Å². The first kappa shape index (κ1) is 16.7. The standard InChI is InChI=1S/C16H22N2O3S/c1-12(9-13-3-5-15(20-2)6-4-13)18-10-14(19)11-21-16-17-7-8-22-16/h3-8,12,14,18-19H,9-11H2,1-2H3. The van der Waals surface area contributed by atoms with Crippen LogP contribution in [-0.4, -0.2) is 42.5 Å². The van der Waals surface area contributed by atoms with Crippen LogP contribution >= 0.6 is 11.3 Å². The van der Waals surface area contributed by atoms with Crippen LogP contribution in [0.15, 0.2) is 35.8 Å². The Labute approximate surface area is 134 Å². The third-order valence-electron chi connectivity index (χ3n) is 3.21. The fraction of sp³-hybridized carbons (Fsp3) is 0.438. The fourth-order valence-electron chi connectivity index (χ4n) is 2.03. The van der Waals surface area contributed by atoms with Crippen LogP contribution in [0.1, 0.15) is 12.5 Å². The number of nitrogens with zero attached hydrogens (tertiary/aromatic N) is 1. The smallest absolute Gasteiger partial charge is 0.273 e. The molecular formula is C16H22N2O3S. The second-order valence-corrected chi connectivity index (χ2v) is 5.98. The predicted octanol–water partition coefficient (Wildman–Crippen LogP) is 2.11. The highest BCUT2D eigenvalue weighted by atomic mass is 32.1. The summed E-state index contributed by atoms with van der Waals surface area (Å²) >= 11 is 1.42. The van der Waals surface area contributed by atoms with Crippen molar-refractivity contribution in [3.05, 3.63) is 41.4 Å². The molecule has 120 valence electrons. The zero-order valence-corrected chi connectivity index (χ0v) is 13.7. The first-order chi connectivity index (χ1) is 10.7. The summed E-state index contributed by atoms with van der Waals surface area (Å²) in [5, 5.41) is 15.6. The Morgan fingerprint density at radius 3 is 2.73 bits per heavy atom. The molecule has 0 spiro atoms. The Morgan fingerprint density at radius 2 is 2.09 bits per heavy atom. The zero-order valence-electron chi connectivity index (χ0n) is 12.9. The van der Waals surface area contributed by atoms with Crippen molar-refractivity contribution in [2.75, 3.05) is 20.3 Å². The molecule has 2 atom stereocenters. The number of hydrogen-bond donors (Lipinski definition) is 2. The van der Waals surface area contributed by atoms with E-state index in [1.54, 1.807) is 13.3 Å². The lowest BCUT2D eigenvalue weighted by atomic mass is 10.1. The maximum atomic E-state index is 9.90. The molecule has 0 aliphatic rings. The normalized spacial score (nSPS) is 13.6. The van der Waals surface area contributed by atoms with E-state index in [1.807, 2.05) is 17.5 Å². The van der Waals surface area contributed by atoms with E-state index in [9.17, 15) is 5.11 Å². The third kappa shape index (κ3) is 5.63. The number of aliphatic hydroxyl groups excluding tert-OH is 1. The number of hydrogen-bond acceptors (Lipinski definition) is 6. The second kappa shape index (κ2) is 8.73. The first-order valence-corrected chi connectivity index (χ1v) is 8.12. The lowest BCUT2D eigenvalue weighted by Gasteiger charge is -2.17. The Kier molecular flexibility index (Phi) is 6.64. The van der Waals surface area contributed by atoms with Gasteiger partial charge in [0.2, 0.25) is 0 Å². The average Bonchev–Trinajstić information content (AvgIpc) is 3.05. The van der Waals surface area contributed by atoms with E-state index in [2.05, 4.69) is 29.4 Å². The van der Waals surface area contributed by atoms with Gasteiger partial charge in [0.1, 0.15) is 18.5 Å². The number of thiazole rings is 1. The van der Waals surface area contributed by atoms with E-state index < -0.39 is 6.10 Å². The molecule has 2 aromatic rings. The van der Waals surface area contributed by atoms with E-state index in [0.29, 0.717) is 11.7 Å². The molecule has 5 nitrogen and oxygen atoms in total. The molecule has 2 N–H and O–H groups in total. The Balaban J connectivity index is 1.66. The summed E-state index contributed by atoms with van der Waals surface area (Å²) in [4.78, 5) is 4.01. The fourth-order valence-corrected chi connectivity index (χ4v) is 2.53. The number of rotatable bonds is 9. The van der Waals surface area contributed by atoms with Crippen molar-refractivity contribution < 1.29 is 14.6 Å². The molecular weight excluding hydrogens is 300 g/mol. The van der Waals surface area contributed by atoms with Gasteiger partial charge in [0.25, 0.3) is 5.19 Å². The number of methoxy groups -OCH3 is 1. The highest BCUT2D eigenvalue weighted by Gasteiger charge is 2.09. The Bertz CT molecular complexity index is 531. The van der Waals surface area contributed by atoms with Gasteiger partial charge in [-0.15, -0.1) is 0 Å². The van der Waals surface area contributed by atoms with Crippen molar-refractivity contribution >= 4 is 11.3 Å². The first-order valence-electron chi connectivity index (χ1n) is 7.24. The number of nitrogens with one attached hydrogen (secondary N) is 1. The maximum absolute atomic E-state index is 9.90. The van der Waals surface area contributed by atoms with Crippen LogP contribution in [0.5, 0.6) is 10.9 Å². The minimum Gasteiger partial charge on any atom is -0.497 e. The van der Waals surface area contributed by atoms with Crippen LogP contribution in [0.2, 0.25) is 0 Å². The molecule has 0 radical (unpaired) electrons. The summed E-state index contributed by atoms with van der Waals surface area (Å²) in [5.74, 6) is 0.860. The van der Waals surface area contributed by atoms with Crippen molar-refractivity contribution in [2.24, 2.45) is 0 Å². The largest absolute Gasteiger partial charge is 0.497 e. The molecule has 0 fully saturated rings. The predicted molar refractivity (Wildman–Crippen MR) is 87.8 cm³/mol. The van der Waals surface area contributed by atoms with Gasteiger partial charge in [-0.2, -0.15) is 0 Å². The van der Waals surface area contributed by atoms with Crippen molar-refractivity contribution in [1.82, 2.24) is 10.3 Å². The van der Waals surface area contributed by atoms with Crippen LogP contribution in [0.4, 0.5) is 0 Å². The molecule has 1 heterocycles. The second-order valence-electron chi connectivity index (χ2n) is 5.12. The molecule has 0 aliphatic heterocycles. The lowest BCUT2D eigenvalue weighted by Crippen LogP contribution is -2.37. The van der Waals surface area contributed by atoms with Gasteiger partial charge < -0.3 is 19.9 Å². The van der Waals surface area contributed by atoms with E-state index in [1.165, 1.54) is 16.9 Å². The molecule has 0 saturated carbocycles. The molecule has 0 amide bonds. The minimum absolute atomic E-state index is 0.246. The van der Waals surface area contributed by atoms with Crippen LogP contribution in [0, 0.1) is 0 Å². The van der Waals surface area contributed by atoms with Gasteiger partial charge in [0.05, 0.1) is 7.11 Å². The molecule has 22 heavy (non-hydrogen) atoms. The molecule has 1 aromatic carbocycles. The summed E-state index contributed by atoms with van der Waals surface area (Å²) in [6, 6.07) is 8.29. The van der Waals surface area contributed by atoms with Crippen molar-refractivity contribution in [3.8, 4) is 10.9 Å². The number of aliphatic hydroxyl groups is 1. The van der Waals surface area contributed by atoms with Gasteiger partial charge in [-0.25, -0.2) is 4.98 Å². The van der Waals surface area contributed by atoms with E-state index >= 15 is 0 Å². The van der Waals surface area contributed by atoms with E-state index in [-0.39, 0.29) is 12.6 Å². The molecule has 6 heteroatoms. The summed E-state index contributed by atoms with van der Waals surface area (Å²) in [6.45, 7) is 2.83. The van der Waals surface area contributed by atoms with Gasteiger partial charge in [0, 0.05) is 24.2 Å². The van der Waals surface area contributed by atoms with Gasteiger partial charge in [0.15, 0.2) is 0 Å². The molecule has 0 saturated heterocycles. The topological polar surface area (TPSA) is 63.6 Å². The SMILES string of the molecule is COc1ccc(CC(C)NCC(O)COc2nccs2)cc1. The molecule has 2 unspecified atom stereocenters. The molecule has 2 rings (SSSR count). The van der Waals surface area contributed by atoms with Crippen molar-refractivity contribution in [3.63, 3.8) is 0 Å². The van der Waals surface area contributed by atoms with Crippen molar-refractivity contribution in [1.29, 1.82) is 0 Å². The van der Waals surface area contributed by atoms with Gasteiger partial charge in [-0.3, -0.25) is 0 Å². The van der Waals surface area contributed by atoms with E-state index in [0.717, 1.165) is 12.2 Å². The maximum Gasteiger partial charge on any atom is 0.273 e. The van der Waals surface area contributed by atoms with Crippen LogP contribution in [0.3, 0.4) is 0 Å². The minimum atomic E-state index is -0.554. The highest BCUT2D eigenvalue weighted by molar-refractivity contribution is 7.11. The highest BCUT2D eigenvalue weighted by Crippen LogP contribution is 2.14. The van der Waals surface area contributed by atoms with Crippen LogP contribution < -0.4 is 14.8 Å². The number of aromatic nitrogens is 1. The Morgan fingerprint density at radius 1 is 1.32 bits per heavy atom. The number of benzene rings is 1. The van der Waals surface area contributed by atoms with Crippen molar-refractivity contribution in [2.45, 2.75) is 25.5 Å². The monoisotopic (exact) mass is 322 g/mol. The number of ether oxygens (including phenoxy) is 2. The van der Waals surface area contributed by atoms with E-state index in [4.69, 9.17) is 9.47 Å². The third-order valence-corrected chi connectivity index (χ3v) is 3.89.